The van der Waals surface area contributed by atoms with Gasteiger partial charge in [0.15, 0.2) is 0 Å². The van der Waals surface area contributed by atoms with Crippen LogP contribution in [0.4, 0.5) is 5.88 Å². The van der Waals surface area contributed by atoms with Crippen molar-refractivity contribution < 1.29 is 12.8 Å². The Morgan fingerprint density at radius 3 is 2.26 bits per heavy atom. The number of hydrogen-bond donors (Lipinski definition) is 0. The Kier molecular flexibility index (Phi) is 6.92. The summed E-state index contributed by atoms with van der Waals surface area (Å²) >= 11 is 0. The molecule has 1 saturated heterocycles. The zero-order chi connectivity index (χ0) is 26.8. The summed E-state index contributed by atoms with van der Waals surface area (Å²) in [6.07, 6.45) is 0.698. The van der Waals surface area contributed by atoms with Gasteiger partial charge in [-0.1, -0.05) is 54.6 Å². The van der Waals surface area contributed by atoms with Gasteiger partial charge in [-0.15, -0.1) is 0 Å². The summed E-state index contributed by atoms with van der Waals surface area (Å²) in [6, 6.07) is 27.1. The lowest BCUT2D eigenvalue weighted by Crippen LogP contribution is -2.46. The molecule has 1 fully saturated rings. The smallest absolute Gasteiger partial charge is 0.243 e. The van der Waals surface area contributed by atoms with Gasteiger partial charge in [0.2, 0.25) is 27.5 Å². The molecule has 0 saturated carbocycles. The third-order valence-electron chi connectivity index (χ3n) is 7.46. The van der Waals surface area contributed by atoms with Gasteiger partial charge in [0.1, 0.15) is 6.07 Å². The van der Waals surface area contributed by atoms with Crippen molar-refractivity contribution in [1.82, 2.24) is 14.2 Å². The minimum absolute atomic E-state index is 0.229. The average Bonchev–Trinajstić information content (AvgIpc) is 3.42. The van der Waals surface area contributed by atoms with Crippen molar-refractivity contribution in [2.75, 3.05) is 37.6 Å². The third kappa shape index (κ3) is 5.19. The average molecular weight is 540 g/mol. The number of benzene rings is 3. The third-order valence-corrected chi connectivity index (χ3v) is 9.32. The lowest BCUT2D eigenvalue weighted by atomic mass is 10.0. The summed E-state index contributed by atoms with van der Waals surface area (Å²) in [4.78, 5) is 9.10. The highest BCUT2D eigenvalue weighted by Crippen LogP contribution is 2.31. The van der Waals surface area contributed by atoms with Crippen molar-refractivity contribution in [1.29, 1.82) is 5.26 Å². The highest BCUT2D eigenvalue weighted by Gasteiger charge is 2.29. The number of sulfonamides is 1. The second-order valence-electron chi connectivity index (χ2n) is 9.92. The molecular weight excluding hydrogens is 510 g/mol. The Balaban J connectivity index is 1.15. The number of fused-ring (bicyclic) bond motifs is 1. The number of nitriles is 1. The molecule has 9 heteroatoms. The minimum Gasteiger partial charge on any atom is -0.419 e. The summed E-state index contributed by atoms with van der Waals surface area (Å²) in [7, 11) is -3.64. The SMILES string of the molecule is N#Cc1nc(-c2ccc(S(=O)(=O)N3CCc4ccccc4C3)cc2)oc1N1CCN(Cc2ccccc2)CC1. The first-order chi connectivity index (χ1) is 19.0. The van der Waals surface area contributed by atoms with Crippen molar-refractivity contribution in [3.8, 4) is 17.5 Å². The molecule has 0 amide bonds. The molecule has 1 aromatic heterocycles. The molecule has 0 spiro atoms. The van der Waals surface area contributed by atoms with Gasteiger partial charge < -0.3 is 9.32 Å². The van der Waals surface area contributed by atoms with E-state index in [1.54, 1.807) is 24.3 Å². The van der Waals surface area contributed by atoms with E-state index >= 15 is 0 Å². The van der Waals surface area contributed by atoms with Gasteiger partial charge >= 0.3 is 0 Å². The van der Waals surface area contributed by atoms with Gasteiger partial charge in [0.25, 0.3) is 0 Å². The van der Waals surface area contributed by atoms with Crippen LogP contribution < -0.4 is 4.90 Å². The van der Waals surface area contributed by atoms with Crippen LogP contribution in [0.1, 0.15) is 22.4 Å². The number of nitrogens with zero attached hydrogens (tertiary/aromatic N) is 5. The standard InChI is InChI=1S/C30H29N5O3S/c31-20-28-30(34-18-16-33(17-19-34)21-23-6-2-1-3-7-23)38-29(32-28)25-10-12-27(13-11-25)39(36,37)35-15-14-24-8-4-5-9-26(24)22-35/h1-13H,14-19,21-22H2. The Morgan fingerprint density at radius 2 is 1.54 bits per heavy atom. The zero-order valence-corrected chi connectivity index (χ0v) is 22.3. The maximum Gasteiger partial charge on any atom is 0.243 e. The number of hydrogen-bond acceptors (Lipinski definition) is 7. The van der Waals surface area contributed by atoms with E-state index in [0.29, 0.717) is 36.8 Å². The van der Waals surface area contributed by atoms with Gasteiger partial charge in [0, 0.05) is 51.4 Å². The highest BCUT2D eigenvalue weighted by molar-refractivity contribution is 7.89. The maximum absolute atomic E-state index is 13.3. The van der Waals surface area contributed by atoms with Crippen molar-refractivity contribution in [2.45, 2.75) is 24.4 Å². The van der Waals surface area contributed by atoms with Crippen LogP contribution in [0.2, 0.25) is 0 Å². The van der Waals surface area contributed by atoms with E-state index in [2.05, 4.69) is 51.2 Å². The number of oxazole rings is 1. The second kappa shape index (κ2) is 10.7. The van der Waals surface area contributed by atoms with E-state index in [1.807, 2.05) is 24.3 Å². The van der Waals surface area contributed by atoms with Crippen molar-refractivity contribution in [3.05, 3.63) is 101 Å². The molecule has 0 atom stereocenters. The number of anilines is 1. The predicted octanol–water partition coefficient (Wildman–Crippen LogP) is 4.28. The van der Waals surface area contributed by atoms with Gasteiger partial charge in [-0.3, -0.25) is 4.90 Å². The lowest BCUT2D eigenvalue weighted by Gasteiger charge is -2.34. The van der Waals surface area contributed by atoms with Crippen LogP contribution in [0.3, 0.4) is 0 Å². The molecule has 0 unspecified atom stereocenters. The molecule has 2 aliphatic rings. The molecule has 8 nitrogen and oxygen atoms in total. The fourth-order valence-electron chi connectivity index (χ4n) is 5.27. The van der Waals surface area contributed by atoms with Crippen LogP contribution in [0, 0.1) is 11.3 Å². The van der Waals surface area contributed by atoms with Crippen LogP contribution in [0.15, 0.2) is 88.2 Å². The monoisotopic (exact) mass is 539 g/mol. The zero-order valence-electron chi connectivity index (χ0n) is 21.5. The van der Waals surface area contributed by atoms with Crippen molar-refractivity contribution in [2.24, 2.45) is 0 Å². The molecule has 3 aromatic carbocycles. The Morgan fingerprint density at radius 1 is 0.846 bits per heavy atom. The molecule has 0 aliphatic carbocycles. The predicted molar refractivity (Wildman–Crippen MR) is 148 cm³/mol. The van der Waals surface area contributed by atoms with Gasteiger partial charge in [0.05, 0.1) is 4.90 Å². The Labute approximate surface area is 228 Å². The van der Waals surface area contributed by atoms with Crippen LogP contribution in [0.5, 0.6) is 0 Å². The van der Waals surface area contributed by atoms with E-state index in [0.717, 1.165) is 38.3 Å². The van der Waals surface area contributed by atoms with E-state index in [1.165, 1.54) is 15.4 Å². The van der Waals surface area contributed by atoms with Gasteiger partial charge in [-0.05, 0) is 47.4 Å². The van der Waals surface area contributed by atoms with E-state index in [-0.39, 0.29) is 10.6 Å². The van der Waals surface area contributed by atoms with Crippen LogP contribution in [-0.4, -0.2) is 55.3 Å². The molecule has 198 valence electrons. The Hall–Kier alpha value is -3.97. The van der Waals surface area contributed by atoms with Gasteiger partial charge in [-0.25, -0.2) is 8.42 Å². The molecule has 6 rings (SSSR count). The van der Waals surface area contributed by atoms with Crippen LogP contribution >= 0.6 is 0 Å². The first-order valence-electron chi connectivity index (χ1n) is 13.1. The molecule has 3 heterocycles. The second-order valence-corrected chi connectivity index (χ2v) is 11.9. The van der Waals surface area contributed by atoms with E-state index in [9.17, 15) is 13.7 Å². The molecule has 0 radical (unpaired) electrons. The molecule has 4 aromatic rings. The minimum atomic E-state index is -3.64. The lowest BCUT2D eigenvalue weighted by molar-refractivity contribution is 0.246. The molecule has 2 aliphatic heterocycles. The number of piperazine rings is 1. The first kappa shape index (κ1) is 25.3. The first-order valence-corrected chi connectivity index (χ1v) is 14.5. The quantitative estimate of drug-likeness (QED) is 0.361. The summed E-state index contributed by atoms with van der Waals surface area (Å²) in [5, 5.41) is 9.73. The summed E-state index contributed by atoms with van der Waals surface area (Å²) in [5.41, 5.74) is 4.39. The molecular formula is C30H29N5O3S. The maximum atomic E-state index is 13.3. The number of aromatic nitrogens is 1. The van der Waals surface area contributed by atoms with E-state index in [4.69, 9.17) is 4.42 Å². The van der Waals surface area contributed by atoms with Crippen molar-refractivity contribution in [3.63, 3.8) is 0 Å². The summed E-state index contributed by atoms with van der Waals surface area (Å²) in [5.74, 6) is 0.777. The van der Waals surface area contributed by atoms with Crippen LogP contribution in [-0.2, 0) is 29.5 Å². The molecule has 0 N–H and O–H groups in total. The van der Waals surface area contributed by atoms with Gasteiger partial charge in [-0.2, -0.15) is 14.6 Å². The highest BCUT2D eigenvalue weighted by atomic mass is 32.2. The summed E-state index contributed by atoms with van der Waals surface area (Å²) < 4.78 is 34.3. The molecule has 39 heavy (non-hydrogen) atoms. The normalized spacial score (nSPS) is 16.5. The van der Waals surface area contributed by atoms with E-state index < -0.39 is 10.0 Å². The van der Waals surface area contributed by atoms with Crippen LogP contribution in [0.25, 0.3) is 11.5 Å². The topological polar surface area (TPSA) is 93.7 Å². The summed E-state index contributed by atoms with van der Waals surface area (Å²) in [6.45, 7) is 4.87. The fourth-order valence-corrected chi connectivity index (χ4v) is 6.69. The fraction of sp³-hybridized carbons (Fsp3) is 0.267. The largest absolute Gasteiger partial charge is 0.419 e. The number of rotatable bonds is 6. The molecule has 0 bridgehead atoms. The Bertz CT molecular complexity index is 1600. The van der Waals surface area contributed by atoms with Crippen molar-refractivity contribution >= 4 is 15.9 Å².